The molecular weight excluding hydrogens is 438 g/mol. The van der Waals surface area contributed by atoms with E-state index >= 15 is 0 Å². The zero-order valence-electron chi connectivity index (χ0n) is 20.1. The van der Waals surface area contributed by atoms with Crippen LogP contribution >= 0.6 is 0 Å². The molecule has 0 aliphatic carbocycles. The Hall–Kier alpha value is -2.82. The van der Waals surface area contributed by atoms with E-state index < -0.39 is 5.97 Å². The lowest BCUT2D eigenvalue weighted by molar-refractivity contribution is -0.136. The van der Waals surface area contributed by atoms with Gasteiger partial charge in [0.2, 0.25) is 5.91 Å². The minimum atomic E-state index is -0.950. The second-order valence-electron chi connectivity index (χ2n) is 9.16. The minimum absolute atomic E-state index is 0.00508. The van der Waals surface area contributed by atoms with Gasteiger partial charge in [-0.15, -0.1) is 5.10 Å². The second-order valence-corrected chi connectivity index (χ2v) is 9.16. The topological polar surface area (TPSA) is 121 Å². The Balaban J connectivity index is 1.77. The number of aliphatic hydroxyl groups excluding tert-OH is 1. The van der Waals surface area contributed by atoms with Crippen molar-refractivity contribution in [2.75, 3.05) is 26.7 Å². The number of amides is 1. The van der Waals surface area contributed by atoms with Crippen molar-refractivity contribution in [2.45, 2.75) is 58.5 Å². The van der Waals surface area contributed by atoms with Crippen LogP contribution in [0.1, 0.15) is 48.3 Å². The highest BCUT2D eigenvalue weighted by Crippen LogP contribution is 2.19. The quantitative estimate of drug-likeness (QED) is 0.623. The number of carboxylic acid groups (broad SMARTS) is 1. The van der Waals surface area contributed by atoms with Gasteiger partial charge >= 0.3 is 5.97 Å². The predicted molar refractivity (Wildman–Crippen MR) is 125 cm³/mol. The number of aromatic nitrogens is 3. The summed E-state index contributed by atoms with van der Waals surface area (Å²) in [7, 11) is 1.96. The van der Waals surface area contributed by atoms with Gasteiger partial charge in [-0.25, -0.2) is 9.48 Å². The lowest BCUT2D eigenvalue weighted by Gasteiger charge is -2.35. The van der Waals surface area contributed by atoms with E-state index in [9.17, 15) is 19.8 Å². The first kappa shape index (κ1) is 25.8. The van der Waals surface area contributed by atoms with E-state index in [0.29, 0.717) is 45.6 Å². The summed E-state index contributed by atoms with van der Waals surface area (Å²) in [5, 5.41) is 27.1. The molecule has 0 unspecified atom stereocenters. The molecule has 2 heterocycles. The largest absolute Gasteiger partial charge is 0.478 e. The molecule has 0 spiro atoms. The second kappa shape index (κ2) is 12.0. The first-order valence-electron chi connectivity index (χ1n) is 11.7. The van der Waals surface area contributed by atoms with Crippen LogP contribution in [0.5, 0.6) is 0 Å². The van der Waals surface area contributed by atoms with Crippen molar-refractivity contribution in [3.05, 3.63) is 47.3 Å². The highest BCUT2D eigenvalue weighted by molar-refractivity contribution is 5.87. The van der Waals surface area contributed by atoms with Gasteiger partial charge in [0.25, 0.3) is 0 Å². The van der Waals surface area contributed by atoms with Crippen LogP contribution in [0.3, 0.4) is 0 Å². The van der Waals surface area contributed by atoms with Crippen LogP contribution in [0.15, 0.2) is 30.5 Å². The van der Waals surface area contributed by atoms with Crippen LogP contribution < -0.4 is 0 Å². The third-order valence-corrected chi connectivity index (χ3v) is 6.26. The zero-order valence-corrected chi connectivity index (χ0v) is 20.1. The molecule has 3 atom stereocenters. The Bertz CT molecular complexity index is 965. The van der Waals surface area contributed by atoms with Crippen LogP contribution in [0.2, 0.25) is 0 Å². The number of ether oxygens (including phenoxy) is 1. The van der Waals surface area contributed by atoms with E-state index in [2.05, 4.69) is 22.1 Å². The van der Waals surface area contributed by atoms with Crippen molar-refractivity contribution in [1.82, 2.24) is 24.8 Å². The third kappa shape index (κ3) is 6.85. The van der Waals surface area contributed by atoms with Crippen LogP contribution in [0, 0.1) is 5.92 Å². The van der Waals surface area contributed by atoms with Crippen LogP contribution in [-0.2, 0) is 29.2 Å². The van der Waals surface area contributed by atoms with Crippen LogP contribution in [0.25, 0.3) is 0 Å². The lowest BCUT2D eigenvalue weighted by Crippen LogP contribution is -2.47. The predicted octanol–water partition coefficient (Wildman–Crippen LogP) is 1.63. The van der Waals surface area contributed by atoms with Crippen molar-refractivity contribution in [3.8, 4) is 0 Å². The molecule has 1 aliphatic rings. The first-order chi connectivity index (χ1) is 16.3. The van der Waals surface area contributed by atoms with Gasteiger partial charge in [-0.2, -0.15) is 0 Å². The number of benzene rings is 1. The zero-order chi connectivity index (χ0) is 24.7. The molecule has 186 valence electrons. The van der Waals surface area contributed by atoms with E-state index in [1.165, 1.54) is 0 Å². The summed E-state index contributed by atoms with van der Waals surface area (Å²) < 4.78 is 8.12. The maximum Gasteiger partial charge on any atom is 0.335 e. The molecule has 1 aromatic carbocycles. The summed E-state index contributed by atoms with van der Waals surface area (Å²) in [6.45, 7) is 6.35. The monoisotopic (exact) mass is 473 g/mol. The van der Waals surface area contributed by atoms with Crippen molar-refractivity contribution in [1.29, 1.82) is 0 Å². The number of likely N-dealkylation sites (N-methyl/N-ethyl adjacent to an activating group) is 1. The Morgan fingerprint density at radius 3 is 2.91 bits per heavy atom. The molecule has 3 rings (SSSR count). The summed E-state index contributed by atoms with van der Waals surface area (Å²) in [4.78, 5) is 28.1. The van der Waals surface area contributed by atoms with Gasteiger partial charge in [-0.1, -0.05) is 24.3 Å². The number of carboxylic acids is 1. The van der Waals surface area contributed by atoms with Gasteiger partial charge in [-0.3, -0.25) is 9.69 Å². The highest BCUT2D eigenvalue weighted by Gasteiger charge is 2.28. The number of carbonyl (C=O) groups excluding carboxylic acids is 1. The molecule has 0 bridgehead atoms. The third-order valence-electron chi connectivity index (χ3n) is 6.26. The van der Waals surface area contributed by atoms with Gasteiger partial charge in [0.1, 0.15) is 0 Å². The number of carbonyl (C=O) groups is 2. The highest BCUT2D eigenvalue weighted by atomic mass is 16.5. The van der Waals surface area contributed by atoms with Gasteiger partial charge in [-0.05, 0) is 38.1 Å². The first-order valence-corrected chi connectivity index (χ1v) is 11.7. The average Bonchev–Trinajstić information content (AvgIpc) is 3.26. The number of aryl methyl sites for hydroxylation is 1. The number of aliphatic hydroxyl groups is 1. The van der Waals surface area contributed by atoms with E-state index in [1.807, 2.05) is 20.0 Å². The number of hydrogen-bond acceptors (Lipinski definition) is 7. The van der Waals surface area contributed by atoms with Crippen molar-refractivity contribution < 1.29 is 24.5 Å². The van der Waals surface area contributed by atoms with Gasteiger partial charge in [0, 0.05) is 38.5 Å². The molecule has 0 saturated carbocycles. The summed E-state index contributed by atoms with van der Waals surface area (Å²) in [6.07, 6.45) is 2.49. The maximum absolute atomic E-state index is 13.0. The fraction of sp³-hybridized carbons (Fsp3) is 0.583. The Kier molecular flexibility index (Phi) is 9.14. The maximum atomic E-state index is 13.0. The van der Waals surface area contributed by atoms with Crippen LogP contribution in [0.4, 0.5) is 0 Å². The number of hydrogen-bond donors (Lipinski definition) is 2. The standard InChI is InChI=1S/C24H35N5O5/c1-17-12-28(18(2)15-30)23(31)8-5-9-29-21(11-25-26-29)16-34-22(17)14-27(3)13-19-6-4-7-20(10-19)24(32)33/h4,6-7,10-11,17-18,22,30H,5,8-9,12-16H2,1-3H3,(H,32,33)/t17-,18+,22+/m1/s1. The fourth-order valence-corrected chi connectivity index (χ4v) is 4.23. The Morgan fingerprint density at radius 2 is 2.18 bits per heavy atom. The lowest BCUT2D eigenvalue weighted by atomic mass is 10.0. The minimum Gasteiger partial charge on any atom is -0.478 e. The van der Waals surface area contributed by atoms with E-state index in [4.69, 9.17) is 4.74 Å². The van der Waals surface area contributed by atoms with Gasteiger partial charge < -0.3 is 19.8 Å². The summed E-state index contributed by atoms with van der Waals surface area (Å²) in [6, 6.07) is 6.63. The average molecular weight is 474 g/mol. The van der Waals surface area contributed by atoms with Gasteiger partial charge in [0.15, 0.2) is 0 Å². The normalized spacial score (nSPS) is 21.0. The molecule has 1 aromatic heterocycles. The van der Waals surface area contributed by atoms with E-state index in [0.717, 1.165) is 11.3 Å². The summed E-state index contributed by atoms with van der Waals surface area (Å²) in [5.41, 5.74) is 2.02. The Morgan fingerprint density at radius 1 is 1.38 bits per heavy atom. The van der Waals surface area contributed by atoms with E-state index in [1.54, 1.807) is 34.0 Å². The summed E-state index contributed by atoms with van der Waals surface area (Å²) in [5.74, 6) is -0.948. The van der Waals surface area contributed by atoms with Crippen molar-refractivity contribution in [2.24, 2.45) is 5.92 Å². The van der Waals surface area contributed by atoms with Crippen LogP contribution in [-0.4, -0.2) is 85.8 Å². The van der Waals surface area contributed by atoms with Crippen molar-refractivity contribution >= 4 is 11.9 Å². The molecule has 10 heteroatoms. The molecule has 34 heavy (non-hydrogen) atoms. The molecule has 1 aliphatic heterocycles. The molecule has 1 amide bonds. The molecule has 2 N–H and O–H groups in total. The van der Waals surface area contributed by atoms with Crippen molar-refractivity contribution in [3.63, 3.8) is 0 Å². The number of fused-ring (bicyclic) bond motifs is 1. The molecular formula is C24H35N5O5. The summed E-state index contributed by atoms with van der Waals surface area (Å²) >= 11 is 0. The molecule has 0 fully saturated rings. The number of aromatic carboxylic acids is 1. The SMILES string of the molecule is C[C@@H]1CN([C@@H](C)CO)C(=O)CCCn2nncc2CO[C@H]1CN(C)Cc1cccc(C(=O)O)c1. The Labute approximate surface area is 200 Å². The number of rotatable bonds is 7. The molecule has 0 saturated heterocycles. The molecule has 2 aromatic rings. The number of nitrogens with zero attached hydrogens (tertiary/aromatic N) is 5. The van der Waals surface area contributed by atoms with Gasteiger partial charge in [0.05, 0.1) is 42.8 Å². The van der Waals surface area contributed by atoms with E-state index in [-0.39, 0.29) is 36.1 Å². The molecule has 0 radical (unpaired) electrons. The molecule has 10 nitrogen and oxygen atoms in total. The smallest absolute Gasteiger partial charge is 0.335 e. The fourth-order valence-electron chi connectivity index (χ4n) is 4.23.